The van der Waals surface area contributed by atoms with Crippen LogP contribution in [0.5, 0.6) is 5.75 Å². The monoisotopic (exact) mass is 529 g/mol. The van der Waals surface area contributed by atoms with Crippen molar-refractivity contribution in [2.75, 3.05) is 0 Å². The van der Waals surface area contributed by atoms with E-state index in [9.17, 15) is 23.1 Å². The molecule has 0 saturated carbocycles. The fraction of sp³-hybridized carbons (Fsp3) is 0.393. The van der Waals surface area contributed by atoms with Gasteiger partial charge in [0.25, 0.3) is 0 Å². The van der Waals surface area contributed by atoms with E-state index >= 15 is 0 Å². The number of halogens is 3. The Kier molecular flexibility index (Phi) is 7.27. The molecular formula is C28H30F3N3O4. The lowest BCUT2D eigenvalue weighted by Crippen LogP contribution is -2.38. The summed E-state index contributed by atoms with van der Waals surface area (Å²) < 4.78 is 51.8. The van der Waals surface area contributed by atoms with Crippen molar-refractivity contribution in [2.24, 2.45) is 0 Å². The van der Waals surface area contributed by atoms with Gasteiger partial charge in [0, 0.05) is 29.6 Å². The Labute approximate surface area is 218 Å². The van der Waals surface area contributed by atoms with Crippen LogP contribution in [0.4, 0.5) is 13.2 Å². The fourth-order valence-electron chi connectivity index (χ4n) is 4.21. The van der Waals surface area contributed by atoms with E-state index in [0.717, 1.165) is 45.7 Å². The highest BCUT2D eigenvalue weighted by Gasteiger charge is 2.31. The van der Waals surface area contributed by atoms with Crippen LogP contribution in [0, 0.1) is 6.92 Å². The predicted molar refractivity (Wildman–Crippen MR) is 135 cm³/mol. The molecule has 0 atom stereocenters. The van der Waals surface area contributed by atoms with E-state index in [-0.39, 0.29) is 6.04 Å². The minimum Gasteiger partial charge on any atom is -0.478 e. The number of nitrogens with zero attached hydrogens (tertiary/aromatic N) is 3. The standard InChI is InChI=1S/C28H30F3N3O4/c1-16(2)34-21(14-20(32-34)13-18-6-8-19(9-7-18)28(29,30)31)10-11-23-22-12-17(3)24(15-25(22)38-33-23)37-27(4,5)26(35)36/h6-9,12,14-16H,10-11,13H2,1-5H3,(H,35,36). The first-order chi connectivity index (χ1) is 17.7. The average Bonchev–Trinajstić information content (AvgIpc) is 3.41. The Balaban J connectivity index is 1.52. The number of carbonyl (C=O) groups is 1. The minimum absolute atomic E-state index is 0.0972. The zero-order valence-electron chi connectivity index (χ0n) is 21.9. The van der Waals surface area contributed by atoms with Crippen molar-refractivity contribution in [1.29, 1.82) is 0 Å². The lowest BCUT2D eigenvalue weighted by molar-refractivity contribution is -0.152. The Morgan fingerprint density at radius 1 is 1.11 bits per heavy atom. The van der Waals surface area contributed by atoms with Gasteiger partial charge in [0.05, 0.1) is 17.0 Å². The van der Waals surface area contributed by atoms with Gasteiger partial charge in [-0.15, -0.1) is 0 Å². The number of fused-ring (bicyclic) bond motifs is 1. The Morgan fingerprint density at radius 2 is 1.79 bits per heavy atom. The minimum atomic E-state index is -4.36. The molecule has 2 aromatic heterocycles. The second-order valence-electron chi connectivity index (χ2n) is 10.2. The second-order valence-corrected chi connectivity index (χ2v) is 10.2. The number of rotatable bonds is 9. The van der Waals surface area contributed by atoms with Gasteiger partial charge in [-0.25, -0.2) is 4.79 Å². The summed E-state index contributed by atoms with van der Waals surface area (Å²) >= 11 is 0. The SMILES string of the molecule is Cc1cc2c(CCc3cc(Cc4ccc(C(F)(F)F)cc4)nn3C(C)C)noc2cc1OC(C)(C)C(=O)O. The summed E-state index contributed by atoms with van der Waals surface area (Å²) in [5.41, 5.74) is 2.47. The number of hydrogen-bond donors (Lipinski definition) is 1. The molecule has 4 rings (SSSR count). The van der Waals surface area contributed by atoms with Crippen LogP contribution in [-0.4, -0.2) is 31.6 Å². The third-order valence-corrected chi connectivity index (χ3v) is 6.36. The largest absolute Gasteiger partial charge is 0.478 e. The molecule has 2 heterocycles. The summed E-state index contributed by atoms with van der Waals surface area (Å²) in [7, 11) is 0. The lowest BCUT2D eigenvalue weighted by Gasteiger charge is -2.22. The molecule has 0 bridgehead atoms. The number of aryl methyl sites for hydroxylation is 3. The van der Waals surface area contributed by atoms with Crippen LogP contribution in [0.2, 0.25) is 0 Å². The molecule has 38 heavy (non-hydrogen) atoms. The first kappa shape index (κ1) is 27.2. The van der Waals surface area contributed by atoms with Gasteiger partial charge in [-0.05, 0) is 82.9 Å². The average molecular weight is 530 g/mol. The van der Waals surface area contributed by atoms with Crippen LogP contribution in [0.1, 0.15) is 67.5 Å². The van der Waals surface area contributed by atoms with Crippen molar-refractivity contribution in [3.63, 3.8) is 0 Å². The number of alkyl halides is 3. The summed E-state index contributed by atoms with van der Waals surface area (Å²) in [5, 5.41) is 19.1. The number of aliphatic carboxylic acids is 1. The molecule has 0 amide bonds. The highest BCUT2D eigenvalue weighted by atomic mass is 19.4. The molecule has 0 saturated heterocycles. The summed E-state index contributed by atoms with van der Waals surface area (Å²) in [6.45, 7) is 8.84. The van der Waals surface area contributed by atoms with Crippen molar-refractivity contribution in [2.45, 2.75) is 71.7 Å². The van der Waals surface area contributed by atoms with Gasteiger partial charge in [0.1, 0.15) is 5.75 Å². The molecule has 2 aromatic carbocycles. The Morgan fingerprint density at radius 3 is 2.39 bits per heavy atom. The quantitative estimate of drug-likeness (QED) is 0.264. The molecule has 1 N–H and O–H groups in total. The van der Waals surface area contributed by atoms with Crippen molar-refractivity contribution < 1.29 is 32.3 Å². The predicted octanol–water partition coefficient (Wildman–Crippen LogP) is 6.55. The maximum Gasteiger partial charge on any atom is 0.416 e. The van der Waals surface area contributed by atoms with E-state index in [4.69, 9.17) is 14.4 Å². The van der Waals surface area contributed by atoms with Crippen molar-refractivity contribution in [1.82, 2.24) is 14.9 Å². The van der Waals surface area contributed by atoms with E-state index in [1.807, 2.05) is 37.6 Å². The molecule has 0 radical (unpaired) electrons. The maximum atomic E-state index is 12.9. The van der Waals surface area contributed by atoms with Gasteiger partial charge in [-0.3, -0.25) is 4.68 Å². The van der Waals surface area contributed by atoms with Crippen LogP contribution >= 0.6 is 0 Å². The van der Waals surface area contributed by atoms with Gasteiger partial charge < -0.3 is 14.4 Å². The van der Waals surface area contributed by atoms with Gasteiger partial charge >= 0.3 is 12.1 Å². The molecule has 202 valence electrons. The first-order valence-electron chi connectivity index (χ1n) is 12.3. The molecule has 4 aromatic rings. The van der Waals surface area contributed by atoms with Crippen molar-refractivity contribution in [3.8, 4) is 5.75 Å². The topological polar surface area (TPSA) is 90.4 Å². The molecular weight excluding hydrogens is 499 g/mol. The number of aromatic nitrogens is 3. The highest BCUT2D eigenvalue weighted by Crippen LogP contribution is 2.32. The number of benzene rings is 2. The molecule has 7 nitrogen and oxygen atoms in total. The summed E-state index contributed by atoms with van der Waals surface area (Å²) in [4.78, 5) is 11.4. The molecule has 0 unspecified atom stereocenters. The molecule has 10 heteroatoms. The Hall–Kier alpha value is -3.82. The summed E-state index contributed by atoms with van der Waals surface area (Å²) in [6.07, 6.45) is -2.74. The van der Waals surface area contributed by atoms with E-state index in [1.54, 1.807) is 6.07 Å². The number of ether oxygens (including phenoxy) is 1. The van der Waals surface area contributed by atoms with E-state index < -0.39 is 23.3 Å². The van der Waals surface area contributed by atoms with Crippen LogP contribution < -0.4 is 4.74 Å². The van der Waals surface area contributed by atoms with Gasteiger partial charge in [0.2, 0.25) is 0 Å². The van der Waals surface area contributed by atoms with Crippen LogP contribution in [-0.2, 0) is 30.2 Å². The van der Waals surface area contributed by atoms with E-state index in [2.05, 4.69) is 5.16 Å². The van der Waals surface area contributed by atoms with Gasteiger partial charge in [-0.1, -0.05) is 17.3 Å². The lowest BCUT2D eigenvalue weighted by atomic mass is 10.0. The highest BCUT2D eigenvalue weighted by molar-refractivity contribution is 5.83. The van der Waals surface area contributed by atoms with Gasteiger partial charge in [0.15, 0.2) is 11.2 Å². The maximum absolute atomic E-state index is 12.9. The molecule has 0 aliphatic carbocycles. The zero-order chi connectivity index (χ0) is 27.8. The third kappa shape index (κ3) is 5.84. The van der Waals surface area contributed by atoms with Crippen molar-refractivity contribution >= 4 is 16.9 Å². The molecule has 0 spiro atoms. The zero-order valence-corrected chi connectivity index (χ0v) is 21.9. The molecule has 0 fully saturated rings. The Bertz CT molecular complexity index is 1450. The van der Waals surface area contributed by atoms with Crippen molar-refractivity contribution in [3.05, 3.63) is 76.2 Å². The first-order valence-corrected chi connectivity index (χ1v) is 12.3. The molecule has 0 aliphatic rings. The van der Waals surface area contributed by atoms with Crippen LogP contribution in [0.15, 0.2) is 47.0 Å². The second kappa shape index (κ2) is 10.2. The third-order valence-electron chi connectivity index (χ3n) is 6.36. The summed E-state index contributed by atoms with van der Waals surface area (Å²) in [6, 6.07) is 10.8. The number of carboxylic acids is 1. The van der Waals surface area contributed by atoms with Gasteiger partial charge in [-0.2, -0.15) is 18.3 Å². The normalized spacial score (nSPS) is 12.4. The summed E-state index contributed by atoms with van der Waals surface area (Å²) in [5.74, 6) is -0.659. The van der Waals surface area contributed by atoms with E-state index in [0.29, 0.717) is 30.6 Å². The van der Waals surface area contributed by atoms with Crippen LogP contribution in [0.25, 0.3) is 11.0 Å². The smallest absolute Gasteiger partial charge is 0.416 e. The fourth-order valence-corrected chi connectivity index (χ4v) is 4.21. The van der Waals surface area contributed by atoms with Crippen LogP contribution in [0.3, 0.4) is 0 Å². The number of carboxylic acid groups (broad SMARTS) is 1. The number of hydrogen-bond acceptors (Lipinski definition) is 5. The molecule has 0 aliphatic heterocycles. The van der Waals surface area contributed by atoms with E-state index in [1.165, 1.54) is 26.0 Å².